The molecule has 0 bridgehead atoms. The summed E-state index contributed by atoms with van der Waals surface area (Å²) in [5, 5.41) is 8.42. The first-order chi connectivity index (χ1) is 9.69. The molecule has 20 heavy (non-hydrogen) atoms. The molecule has 0 amide bonds. The first-order valence-electron chi connectivity index (χ1n) is 6.14. The largest absolute Gasteiger partial charge is 0.414 e. The third-order valence-electron chi connectivity index (χ3n) is 2.65. The van der Waals surface area contributed by atoms with Crippen LogP contribution in [0.25, 0.3) is 0 Å². The van der Waals surface area contributed by atoms with Crippen molar-refractivity contribution in [3.63, 3.8) is 0 Å². The Morgan fingerprint density at radius 3 is 2.75 bits per heavy atom. The molecule has 0 unspecified atom stereocenters. The van der Waals surface area contributed by atoms with Crippen molar-refractivity contribution < 1.29 is 8.81 Å². The van der Waals surface area contributed by atoms with Crippen molar-refractivity contribution in [2.75, 3.05) is 12.0 Å². The average Bonchev–Trinajstić information content (AvgIpc) is 2.93. The molecule has 2 N–H and O–H groups in total. The van der Waals surface area contributed by atoms with Crippen molar-refractivity contribution in [2.45, 2.75) is 23.4 Å². The molecule has 1 aromatic carbocycles. The second kappa shape index (κ2) is 7.66. The molecule has 1 atom stereocenters. The number of benzene rings is 1. The highest BCUT2D eigenvalue weighted by atomic mass is 32.2. The number of hydrogen-bond acceptors (Lipinski definition) is 6. The second-order valence-electron chi connectivity index (χ2n) is 4.21. The molecule has 7 heteroatoms. The lowest BCUT2D eigenvalue weighted by molar-refractivity contribution is 0.383. The zero-order valence-electron chi connectivity index (χ0n) is 11.1. The Morgan fingerprint density at radius 2 is 2.05 bits per heavy atom. The van der Waals surface area contributed by atoms with Gasteiger partial charge in [-0.05, 0) is 36.1 Å². The molecule has 2 aromatic rings. The van der Waals surface area contributed by atoms with Crippen molar-refractivity contribution in [3.8, 4) is 0 Å². The van der Waals surface area contributed by atoms with Gasteiger partial charge < -0.3 is 10.2 Å². The van der Waals surface area contributed by atoms with Crippen molar-refractivity contribution in [1.29, 1.82) is 0 Å². The maximum Gasteiger partial charge on any atom is 0.276 e. The molecule has 0 saturated carbocycles. The van der Waals surface area contributed by atoms with Gasteiger partial charge in [-0.25, -0.2) is 4.39 Å². The Hall–Kier alpha value is -1.05. The molecule has 0 saturated heterocycles. The van der Waals surface area contributed by atoms with Crippen LogP contribution in [0.3, 0.4) is 0 Å². The molecular formula is C13H16FN3OS2. The van der Waals surface area contributed by atoms with E-state index in [4.69, 9.17) is 10.2 Å². The number of thioether (sulfide) groups is 2. The smallest absolute Gasteiger partial charge is 0.276 e. The van der Waals surface area contributed by atoms with Crippen LogP contribution in [0.2, 0.25) is 0 Å². The van der Waals surface area contributed by atoms with Gasteiger partial charge in [0.15, 0.2) is 0 Å². The van der Waals surface area contributed by atoms with Gasteiger partial charge in [0.2, 0.25) is 5.89 Å². The molecule has 2 rings (SSSR count). The molecule has 0 aliphatic heterocycles. The summed E-state index contributed by atoms with van der Waals surface area (Å²) in [7, 11) is 0. The topological polar surface area (TPSA) is 64.9 Å². The summed E-state index contributed by atoms with van der Waals surface area (Å²) in [5.74, 6) is 1.85. The van der Waals surface area contributed by atoms with Gasteiger partial charge in [-0.15, -0.1) is 10.2 Å². The number of rotatable bonds is 7. The van der Waals surface area contributed by atoms with Gasteiger partial charge in [-0.3, -0.25) is 0 Å². The fourth-order valence-corrected chi connectivity index (χ4v) is 2.74. The van der Waals surface area contributed by atoms with Crippen LogP contribution in [0.4, 0.5) is 4.39 Å². The molecular weight excluding hydrogens is 297 g/mol. The number of halogens is 1. The molecule has 1 aromatic heterocycles. The van der Waals surface area contributed by atoms with Crippen LogP contribution in [-0.4, -0.2) is 22.2 Å². The highest BCUT2D eigenvalue weighted by Gasteiger charge is 2.14. The van der Waals surface area contributed by atoms with Crippen molar-refractivity contribution in [1.82, 2.24) is 10.2 Å². The average molecular weight is 313 g/mol. The van der Waals surface area contributed by atoms with Gasteiger partial charge in [0, 0.05) is 5.75 Å². The number of nitrogens with zero attached hydrogens (tertiary/aromatic N) is 2. The van der Waals surface area contributed by atoms with E-state index in [1.54, 1.807) is 23.9 Å². The molecule has 0 aliphatic rings. The van der Waals surface area contributed by atoms with E-state index in [2.05, 4.69) is 10.2 Å². The van der Waals surface area contributed by atoms with Crippen LogP contribution in [0.5, 0.6) is 0 Å². The van der Waals surface area contributed by atoms with Gasteiger partial charge in [-0.1, -0.05) is 23.9 Å². The monoisotopic (exact) mass is 313 g/mol. The van der Waals surface area contributed by atoms with E-state index in [9.17, 15) is 4.39 Å². The molecule has 4 nitrogen and oxygen atoms in total. The van der Waals surface area contributed by atoms with Crippen LogP contribution in [0.15, 0.2) is 33.9 Å². The van der Waals surface area contributed by atoms with Gasteiger partial charge in [-0.2, -0.15) is 11.8 Å². The van der Waals surface area contributed by atoms with Crippen molar-refractivity contribution >= 4 is 23.5 Å². The third kappa shape index (κ3) is 4.50. The summed E-state index contributed by atoms with van der Waals surface area (Å²) in [4.78, 5) is 0. The highest BCUT2D eigenvalue weighted by Crippen LogP contribution is 2.24. The molecule has 0 aliphatic carbocycles. The van der Waals surface area contributed by atoms with Crippen LogP contribution in [-0.2, 0) is 5.75 Å². The van der Waals surface area contributed by atoms with Crippen LogP contribution >= 0.6 is 23.5 Å². The number of hydrogen-bond donors (Lipinski definition) is 1. The number of nitrogens with two attached hydrogens (primary N) is 1. The zero-order chi connectivity index (χ0) is 14.4. The third-order valence-corrected chi connectivity index (χ3v) is 4.18. The molecule has 108 valence electrons. The Kier molecular flexibility index (Phi) is 5.87. The van der Waals surface area contributed by atoms with E-state index in [1.807, 2.05) is 6.26 Å². The second-order valence-corrected chi connectivity index (χ2v) is 6.12. The summed E-state index contributed by atoms with van der Waals surface area (Å²) in [6.45, 7) is 0. The van der Waals surface area contributed by atoms with Crippen LogP contribution in [0, 0.1) is 5.82 Å². The summed E-state index contributed by atoms with van der Waals surface area (Å²) in [6.07, 6.45) is 2.84. The fraction of sp³-hybridized carbons (Fsp3) is 0.385. The van der Waals surface area contributed by atoms with Crippen molar-refractivity contribution in [3.05, 3.63) is 41.5 Å². The molecule has 0 radical (unpaired) electrons. The summed E-state index contributed by atoms with van der Waals surface area (Å²) >= 11 is 3.15. The molecule has 0 spiro atoms. The lowest BCUT2D eigenvalue weighted by Crippen LogP contribution is -2.11. The van der Waals surface area contributed by atoms with Crippen molar-refractivity contribution in [2.24, 2.45) is 5.73 Å². The van der Waals surface area contributed by atoms with Gasteiger partial charge in [0.05, 0.1) is 6.04 Å². The quantitative estimate of drug-likeness (QED) is 0.792. The Balaban J connectivity index is 1.87. The minimum absolute atomic E-state index is 0.213. The summed E-state index contributed by atoms with van der Waals surface area (Å²) in [5.41, 5.74) is 6.96. The lowest BCUT2D eigenvalue weighted by Gasteiger charge is -2.04. The maximum absolute atomic E-state index is 12.8. The van der Waals surface area contributed by atoms with Crippen LogP contribution in [0.1, 0.15) is 23.9 Å². The highest BCUT2D eigenvalue weighted by molar-refractivity contribution is 7.98. The first-order valence-corrected chi connectivity index (χ1v) is 8.52. The minimum atomic E-state index is -0.237. The minimum Gasteiger partial charge on any atom is -0.414 e. The van der Waals surface area contributed by atoms with E-state index in [-0.39, 0.29) is 11.9 Å². The van der Waals surface area contributed by atoms with Gasteiger partial charge in [0.25, 0.3) is 5.22 Å². The number of aromatic nitrogens is 2. The summed E-state index contributed by atoms with van der Waals surface area (Å²) in [6, 6.07) is 6.14. The predicted molar refractivity (Wildman–Crippen MR) is 80.2 cm³/mol. The van der Waals surface area contributed by atoms with E-state index >= 15 is 0 Å². The van der Waals surface area contributed by atoms with E-state index < -0.39 is 0 Å². The molecule has 0 fully saturated rings. The van der Waals surface area contributed by atoms with E-state index in [1.165, 1.54) is 23.9 Å². The normalized spacial score (nSPS) is 12.6. The Morgan fingerprint density at radius 1 is 1.30 bits per heavy atom. The SMILES string of the molecule is CSCC[C@H](N)c1nnc(SCc2ccc(F)cc2)o1. The summed E-state index contributed by atoms with van der Waals surface area (Å²) < 4.78 is 18.3. The standard InChI is InChI=1S/C13H16FN3OS2/c1-19-7-6-11(15)12-16-17-13(18-12)20-8-9-2-4-10(14)5-3-9/h2-5,11H,6-8,15H2,1H3/t11-/m0/s1. The fourth-order valence-electron chi connectivity index (χ4n) is 1.52. The van der Waals surface area contributed by atoms with Gasteiger partial charge in [0.1, 0.15) is 5.82 Å². The van der Waals surface area contributed by atoms with E-state index in [0.29, 0.717) is 16.9 Å². The van der Waals surface area contributed by atoms with Crippen LogP contribution < -0.4 is 5.73 Å². The van der Waals surface area contributed by atoms with Gasteiger partial charge >= 0.3 is 0 Å². The van der Waals surface area contributed by atoms with E-state index in [0.717, 1.165) is 17.7 Å². The Labute approximate surface area is 125 Å². The first kappa shape index (κ1) is 15.3. The Bertz CT molecular complexity index is 533. The zero-order valence-corrected chi connectivity index (χ0v) is 12.7. The predicted octanol–water partition coefficient (Wildman–Crippen LogP) is 3.25. The maximum atomic E-state index is 12.8. The lowest BCUT2D eigenvalue weighted by atomic mass is 10.2. The molecule has 1 heterocycles.